The van der Waals surface area contributed by atoms with E-state index in [1.807, 2.05) is 0 Å². The van der Waals surface area contributed by atoms with Gasteiger partial charge in [-0.3, -0.25) is 4.79 Å². The van der Waals surface area contributed by atoms with Crippen LogP contribution in [-0.4, -0.2) is 34.3 Å². The minimum atomic E-state index is -4.99. The van der Waals surface area contributed by atoms with Crippen LogP contribution in [0.2, 0.25) is 0 Å². The maximum absolute atomic E-state index is 13.4. The topological polar surface area (TPSA) is 111 Å². The van der Waals surface area contributed by atoms with Gasteiger partial charge in [0.2, 0.25) is 0 Å². The number of carbonyl (C=O) groups is 3. The molecule has 0 aromatic heterocycles. The van der Waals surface area contributed by atoms with Crippen molar-refractivity contribution in [2.75, 3.05) is 4.90 Å². The number of alkyl halides is 3. The predicted molar refractivity (Wildman–Crippen MR) is 83.2 cm³/mol. The Labute approximate surface area is 154 Å². The molecule has 1 aliphatic rings. The van der Waals surface area contributed by atoms with E-state index in [2.05, 4.69) is 17.9 Å². The molecule has 1 saturated heterocycles. The smallest absolute Gasteiger partial charge is 0.450 e. The first-order valence-electron chi connectivity index (χ1n) is 7.12. The van der Waals surface area contributed by atoms with Crippen molar-refractivity contribution in [3.05, 3.63) is 54.0 Å². The Morgan fingerprint density at radius 1 is 1.29 bits per heavy atom. The summed E-state index contributed by atoms with van der Waals surface area (Å²) in [5.74, 6) is -2.72. The van der Waals surface area contributed by atoms with Crippen LogP contribution in [0.1, 0.15) is 11.1 Å². The van der Waals surface area contributed by atoms with Crippen LogP contribution in [0.5, 0.6) is 0 Å². The second-order valence-electron chi connectivity index (χ2n) is 5.25. The van der Waals surface area contributed by atoms with Gasteiger partial charge in [0, 0.05) is 0 Å². The summed E-state index contributed by atoms with van der Waals surface area (Å²) in [6.45, 7) is 6.01. The number of anilines is 1. The van der Waals surface area contributed by atoms with E-state index >= 15 is 0 Å². The molecule has 1 aromatic rings. The van der Waals surface area contributed by atoms with Crippen LogP contribution in [0, 0.1) is 11.3 Å². The van der Waals surface area contributed by atoms with Gasteiger partial charge in [0.1, 0.15) is 5.83 Å². The molecule has 1 heterocycles. The summed E-state index contributed by atoms with van der Waals surface area (Å²) in [4.78, 5) is 36.1. The summed E-state index contributed by atoms with van der Waals surface area (Å²) in [6, 6.07) is 1.83. The number of nitrogens with zero attached hydrogens (tertiary/aromatic N) is 3. The number of ether oxygens (including phenoxy) is 1. The molecule has 0 radical (unpaired) electrons. The Balaban J connectivity index is 2.60. The molecule has 1 fully saturated rings. The summed E-state index contributed by atoms with van der Waals surface area (Å²) >= 11 is 0. The SMILES string of the molecule is C=C(F)C(=C)N1C(=O)N(c2ccc(C#N)c(C(F)(F)F)c2)C(=O)C1OC(=O)O. The number of allylic oxidation sites excluding steroid dienone is 1. The lowest BCUT2D eigenvalue weighted by molar-refractivity contribution is -0.137. The zero-order chi connectivity index (χ0) is 21.4. The summed E-state index contributed by atoms with van der Waals surface area (Å²) in [5.41, 5.74) is -3.67. The average molecular weight is 399 g/mol. The fraction of sp³-hybridized carbons (Fsp3) is 0.125. The van der Waals surface area contributed by atoms with Crippen LogP contribution in [0.25, 0.3) is 0 Å². The predicted octanol–water partition coefficient (Wildman–Crippen LogP) is 3.36. The lowest BCUT2D eigenvalue weighted by Gasteiger charge is -2.21. The average Bonchev–Trinajstić information content (AvgIpc) is 2.82. The van der Waals surface area contributed by atoms with Crippen LogP contribution in [-0.2, 0) is 15.7 Å². The van der Waals surface area contributed by atoms with Gasteiger partial charge in [-0.1, -0.05) is 13.2 Å². The maximum atomic E-state index is 13.4. The third kappa shape index (κ3) is 3.50. The summed E-state index contributed by atoms with van der Waals surface area (Å²) in [7, 11) is 0. The molecule has 1 aromatic carbocycles. The van der Waals surface area contributed by atoms with E-state index < -0.39 is 58.8 Å². The summed E-state index contributed by atoms with van der Waals surface area (Å²) in [6.07, 6.45) is -9.22. The molecule has 1 unspecified atom stereocenters. The fourth-order valence-electron chi connectivity index (χ4n) is 2.35. The molecule has 3 amide bonds. The molecule has 146 valence electrons. The normalized spacial score (nSPS) is 16.8. The first-order valence-corrected chi connectivity index (χ1v) is 7.12. The van der Waals surface area contributed by atoms with Crippen LogP contribution in [0.15, 0.2) is 42.9 Å². The van der Waals surface area contributed by atoms with Crippen LogP contribution in [0.4, 0.5) is 32.8 Å². The molecule has 12 heteroatoms. The van der Waals surface area contributed by atoms with Gasteiger partial charge in [-0.15, -0.1) is 0 Å². The molecule has 2 rings (SSSR count). The van der Waals surface area contributed by atoms with Crippen molar-refractivity contribution in [2.45, 2.75) is 12.4 Å². The highest BCUT2D eigenvalue weighted by Gasteiger charge is 2.51. The number of imide groups is 1. The van der Waals surface area contributed by atoms with Gasteiger partial charge < -0.3 is 9.84 Å². The first-order chi connectivity index (χ1) is 12.9. The molecule has 1 aliphatic heterocycles. The van der Waals surface area contributed by atoms with Gasteiger partial charge in [0.05, 0.1) is 28.6 Å². The monoisotopic (exact) mass is 399 g/mol. The molecule has 0 aliphatic carbocycles. The van der Waals surface area contributed by atoms with Crippen LogP contribution in [0.3, 0.4) is 0 Å². The standard InChI is InChI=1S/C16H9F4N3O5/c1-7(17)8(2)22-13(28-15(26)27)12(24)23(14(22)25)10-4-3-9(6-21)11(5-10)16(18,19)20/h3-5,13H,1-2H2,(H,26,27). The van der Waals surface area contributed by atoms with Crippen LogP contribution >= 0.6 is 0 Å². The molecule has 8 nitrogen and oxygen atoms in total. The lowest BCUT2D eigenvalue weighted by atomic mass is 10.1. The van der Waals surface area contributed by atoms with E-state index in [9.17, 15) is 31.9 Å². The Bertz CT molecular complexity index is 951. The van der Waals surface area contributed by atoms with Crippen molar-refractivity contribution in [3.63, 3.8) is 0 Å². The number of benzene rings is 1. The number of halogens is 4. The van der Waals surface area contributed by atoms with Crippen molar-refractivity contribution in [3.8, 4) is 6.07 Å². The third-order valence-electron chi connectivity index (χ3n) is 3.57. The zero-order valence-electron chi connectivity index (χ0n) is 13.7. The number of urea groups is 1. The summed E-state index contributed by atoms with van der Waals surface area (Å²) < 4.78 is 57.0. The van der Waals surface area contributed by atoms with E-state index in [1.54, 1.807) is 0 Å². The van der Waals surface area contributed by atoms with Crippen molar-refractivity contribution >= 4 is 23.8 Å². The van der Waals surface area contributed by atoms with Crippen molar-refractivity contribution in [2.24, 2.45) is 0 Å². The number of amides is 3. The number of hydrogen-bond donors (Lipinski definition) is 1. The fourth-order valence-corrected chi connectivity index (χ4v) is 2.35. The van der Waals surface area contributed by atoms with Crippen LogP contribution < -0.4 is 4.90 Å². The highest BCUT2D eigenvalue weighted by Crippen LogP contribution is 2.37. The second-order valence-corrected chi connectivity index (χ2v) is 5.25. The molecule has 0 saturated carbocycles. The van der Waals surface area contributed by atoms with Crippen molar-refractivity contribution in [1.82, 2.24) is 4.90 Å². The number of nitriles is 1. The van der Waals surface area contributed by atoms with Gasteiger partial charge in [-0.05, 0) is 18.2 Å². The quantitative estimate of drug-likeness (QED) is 0.360. The second kappa shape index (κ2) is 7.03. The van der Waals surface area contributed by atoms with Gasteiger partial charge in [-0.25, -0.2) is 23.8 Å². The zero-order valence-corrected chi connectivity index (χ0v) is 13.7. The maximum Gasteiger partial charge on any atom is 0.508 e. The molecule has 28 heavy (non-hydrogen) atoms. The minimum Gasteiger partial charge on any atom is -0.450 e. The third-order valence-corrected chi connectivity index (χ3v) is 3.57. The van der Waals surface area contributed by atoms with E-state index in [1.165, 1.54) is 6.07 Å². The van der Waals surface area contributed by atoms with E-state index in [0.717, 1.165) is 12.1 Å². The van der Waals surface area contributed by atoms with Gasteiger partial charge in [0.25, 0.3) is 12.1 Å². The lowest BCUT2D eigenvalue weighted by Crippen LogP contribution is -2.37. The number of carbonyl (C=O) groups excluding carboxylic acids is 2. The molecular weight excluding hydrogens is 390 g/mol. The highest BCUT2D eigenvalue weighted by molar-refractivity contribution is 6.21. The van der Waals surface area contributed by atoms with Crippen molar-refractivity contribution < 1.29 is 41.8 Å². The molecule has 1 atom stereocenters. The van der Waals surface area contributed by atoms with Crippen molar-refractivity contribution in [1.29, 1.82) is 5.26 Å². The summed E-state index contributed by atoms with van der Waals surface area (Å²) in [5, 5.41) is 17.5. The first kappa shape index (κ1) is 20.4. The highest BCUT2D eigenvalue weighted by atomic mass is 19.4. The van der Waals surface area contributed by atoms with E-state index in [4.69, 9.17) is 10.4 Å². The van der Waals surface area contributed by atoms with Gasteiger partial charge >= 0.3 is 18.4 Å². The molecular formula is C16H9F4N3O5. The molecule has 1 N–H and O–H groups in total. The molecule has 0 bridgehead atoms. The Morgan fingerprint density at radius 2 is 1.89 bits per heavy atom. The Kier molecular flexibility index (Phi) is 5.13. The number of carboxylic acid groups (broad SMARTS) is 1. The minimum absolute atomic E-state index is 0.151. The van der Waals surface area contributed by atoms with E-state index in [0.29, 0.717) is 6.07 Å². The van der Waals surface area contributed by atoms with E-state index in [-0.39, 0.29) is 9.80 Å². The largest absolute Gasteiger partial charge is 0.508 e. The number of hydrogen-bond acceptors (Lipinski definition) is 5. The Morgan fingerprint density at radius 3 is 2.36 bits per heavy atom. The van der Waals surface area contributed by atoms with Gasteiger partial charge in [-0.2, -0.15) is 18.4 Å². The van der Waals surface area contributed by atoms with Gasteiger partial charge in [0.15, 0.2) is 0 Å². The molecule has 0 spiro atoms. The Hall–Kier alpha value is -3.88. The number of rotatable bonds is 4.